The Morgan fingerprint density at radius 3 is 3.13 bits per heavy atom. The van der Waals surface area contributed by atoms with Crippen molar-refractivity contribution in [1.29, 1.82) is 0 Å². The third kappa shape index (κ3) is 1.12. The number of hydrogen-bond acceptors (Lipinski definition) is 2. The van der Waals surface area contributed by atoms with Gasteiger partial charge < -0.3 is 0 Å². The summed E-state index contributed by atoms with van der Waals surface area (Å²) < 4.78 is 1.81. The molecular weight excluding hydrogens is 188 g/mol. The number of rotatable bonds is 0. The fourth-order valence-electron chi connectivity index (χ4n) is 2.25. The van der Waals surface area contributed by atoms with E-state index < -0.39 is 0 Å². The second kappa shape index (κ2) is 2.92. The molecule has 3 heteroatoms. The minimum absolute atomic E-state index is 0.121. The Kier molecular flexibility index (Phi) is 1.69. The smallest absolute Gasteiger partial charge is 0.261 e. The second-order valence-corrected chi connectivity index (χ2v) is 4.06. The minimum Gasteiger partial charge on any atom is -0.296 e. The van der Waals surface area contributed by atoms with Crippen LogP contribution in [-0.4, -0.2) is 9.55 Å². The fraction of sp³-hybridized carbons (Fsp3) is 0.333. The maximum Gasteiger partial charge on any atom is 0.261 e. The lowest BCUT2D eigenvalue weighted by molar-refractivity contribution is 0.719. The summed E-state index contributed by atoms with van der Waals surface area (Å²) in [6, 6.07) is 5.78. The molecule has 0 radical (unpaired) electrons. The highest BCUT2D eigenvalue weighted by atomic mass is 16.1. The molecule has 0 amide bonds. The van der Waals surface area contributed by atoms with Crippen LogP contribution in [0.4, 0.5) is 0 Å². The van der Waals surface area contributed by atoms with Crippen molar-refractivity contribution < 1.29 is 0 Å². The number of para-hydroxylation sites is 1. The number of aromatic nitrogens is 2. The summed E-state index contributed by atoms with van der Waals surface area (Å²) in [5.74, 6) is 0.946. The third-order valence-electron chi connectivity index (χ3n) is 3.05. The summed E-state index contributed by atoms with van der Waals surface area (Å²) in [7, 11) is 0. The highest BCUT2D eigenvalue weighted by molar-refractivity contribution is 5.80. The molecule has 1 aromatic heterocycles. The van der Waals surface area contributed by atoms with Crippen molar-refractivity contribution in [3.8, 4) is 0 Å². The average Bonchev–Trinajstić information content (AvgIpc) is 2.68. The molecule has 1 aliphatic rings. The predicted octanol–water partition coefficient (Wildman–Crippen LogP) is 1.65. The van der Waals surface area contributed by atoms with E-state index in [0.717, 1.165) is 41.7 Å². The standard InChI is InChI=1S/C12H12N2O/c1-8-4-2-5-9-11(8)13-10-6-3-7-14(10)12(9)15/h2,4-5H,3,6-7H2,1H3. The molecule has 0 unspecified atom stereocenters. The van der Waals surface area contributed by atoms with Crippen molar-refractivity contribution in [1.82, 2.24) is 9.55 Å². The quantitative estimate of drug-likeness (QED) is 0.648. The fourth-order valence-corrected chi connectivity index (χ4v) is 2.25. The Balaban J connectivity index is 2.52. The molecule has 2 aromatic rings. The Hall–Kier alpha value is -1.64. The number of fused-ring (bicyclic) bond motifs is 2. The van der Waals surface area contributed by atoms with E-state index in [9.17, 15) is 4.79 Å². The second-order valence-electron chi connectivity index (χ2n) is 4.06. The van der Waals surface area contributed by atoms with Crippen molar-refractivity contribution in [2.24, 2.45) is 0 Å². The van der Waals surface area contributed by atoms with Crippen LogP contribution in [0.15, 0.2) is 23.0 Å². The molecule has 0 spiro atoms. The van der Waals surface area contributed by atoms with Crippen molar-refractivity contribution in [3.63, 3.8) is 0 Å². The van der Waals surface area contributed by atoms with E-state index >= 15 is 0 Å². The molecule has 2 heterocycles. The van der Waals surface area contributed by atoms with Gasteiger partial charge in [0.1, 0.15) is 5.82 Å². The van der Waals surface area contributed by atoms with Gasteiger partial charge in [0, 0.05) is 13.0 Å². The van der Waals surface area contributed by atoms with Gasteiger partial charge in [-0.2, -0.15) is 0 Å². The number of aryl methyl sites for hydroxylation is 2. The van der Waals surface area contributed by atoms with Crippen LogP contribution in [0.5, 0.6) is 0 Å². The summed E-state index contributed by atoms with van der Waals surface area (Å²) in [6.07, 6.45) is 1.97. The first kappa shape index (κ1) is 8.65. The lowest BCUT2D eigenvalue weighted by Crippen LogP contribution is -2.21. The van der Waals surface area contributed by atoms with Gasteiger partial charge in [0.25, 0.3) is 5.56 Å². The van der Waals surface area contributed by atoms with Crippen molar-refractivity contribution in [3.05, 3.63) is 39.9 Å². The maximum absolute atomic E-state index is 12.1. The van der Waals surface area contributed by atoms with Gasteiger partial charge in [0.2, 0.25) is 0 Å². The first-order valence-corrected chi connectivity index (χ1v) is 5.26. The molecule has 0 fully saturated rings. The maximum atomic E-state index is 12.1. The lowest BCUT2D eigenvalue weighted by atomic mass is 10.1. The van der Waals surface area contributed by atoms with E-state index in [0.29, 0.717) is 0 Å². The minimum atomic E-state index is 0.121. The Morgan fingerprint density at radius 2 is 2.27 bits per heavy atom. The van der Waals surface area contributed by atoms with Crippen LogP contribution < -0.4 is 5.56 Å². The average molecular weight is 200 g/mol. The monoisotopic (exact) mass is 200 g/mol. The summed E-state index contributed by atoms with van der Waals surface area (Å²) in [4.78, 5) is 16.7. The molecular formula is C12H12N2O. The number of benzene rings is 1. The molecule has 0 atom stereocenters. The molecule has 0 bridgehead atoms. The normalized spacial score (nSPS) is 14.5. The van der Waals surface area contributed by atoms with E-state index in [2.05, 4.69) is 4.98 Å². The first-order chi connectivity index (χ1) is 7.27. The summed E-state index contributed by atoms with van der Waals surface area (Å²) in [5, 5.41) is 0.751. The molecule has 0 N–H and O–H groups in total. The van der Waals surface area contributed by atoms with Crippen LogP contribution >= 0.6 is 0 Å². The van der Waals surface area contributed by atoms with Gasteiger partial charge in [0.15, 0.2) is 0 Å². The predicted molar refractivity (Wildman–Crippen MR) is 59.1 cm³/mol. The molecule has 3 nitrogen and oxygen atoms in total. The van der Waals surface area contributed by atoms with Gasteiger partial charge in [-0.05, 0) is 25.0 Å². The van der Waals surface area contributed by atoms with E-state index in [4.69, 9.17) is 0 Å². The van der Waals surface area contributed by atoms with Crippen LogP contribution in [0.2, 0.25) is 0 Å². The molecule has 0 saturated heterocycles. The van der Waals surface area contributed by atoms with Crippen molar-refractivity contribution in [2.75, 3.05) is 0 Å². The lowest BCUT2D eigenvalue weighted by Gasteiger charge is -2.06. The number of hydrogen-bond donors (Lipinski definition) is 0. The Labute approximate surface area is 87.4 Å². The van der Waals surface area contributed by atoms with Gasteiger partial charge in [-0.25, -0.2) is 4.98 Å². The third-order valence-corrected chi connectivity index (χ3v) is 3.05. The van der Waals surface area contributed by atoms with Gasteiger partial charge in [-0.3, -0.25) is 9.36 Å². The molecule has 3 rings (SSSR count). The van der Waals surface area contributed by atoms with Crippen LogP contribution in [-0.2, 0) is 13.0 Å². The molecule has 15 heavy (non-hydrogen) atoms. The molecule has 1 aromatic carbocycles. The van der Waals surface area contributed by atoms with Crippen molar-refractivity contribution >= 4 is 10.9 Å². The largest absolute Gasteiger partial charge is 0.296 e. The molecule has 0 saturated carbocycles. The highest BCUT2D eigenvalue weighted by Crippen LogP contribution is 2.16. The molecule has 0 aliphatic carbocycles. The summed E-state index contributed by atoms with van der Waals surface area (Å²) in [5.41, 5.74) is 2.08. The summed E-state index contributed by atoms with van der Waals surface area (Å²) in [6.45, 7) is 2.83. The van der Waals surface area contributed by atoms with E-state index in [-0.39, 0.29) is 5.56 Å². The number of nitrogens with zero attached hydrogens (tertiary/aromatic N) is 2. The molecule has 76 valence electrons. The zero-order chi connectivity index (χ0) is 10.4. The van der Waals surface area contributed by atoms with Gasteiger partial charge in [-0.1, -0.05) is 12.1 Å². The van der Waals surface area contributed by atoms with Crippen LogP contribution in [0, 0.1) is 6.92 Å². The van der Waals surface area contributed by atoms with Gasteiger partial charge in [-0.15, -0.1) is 0 Å². The van der Waals surface area contributed by atoms with Gasteiger partial charge in [0.05, 0.1) is 10.9 Å². The van der Waals surface area contributed by atoms with Crippen molar-refractivity contribution in [2.45, 2.75) is 26.3 Å². The zero-order valence-electron chi connectivity index (χ0n) is 8.66. The van der Waals surface area contributed by atoms with Crippen LogP contribution in [0.1, 0.15) is 17.8 Å². The van der Waals surface area contributed by atoms with E-state index in [1.807, 2.05) is 29.7 Å². The van der Waals surface area contributed by atoms with E-state index in [1.54, 1.807) is 0 Å². The SMILES string of the molecule is Cc1cccc2c(=O)n3c(nc12)CCC3. The highest BCUT2D eigenvalue weighted by Gasteiger charge is 2.16. The Bertz CT molecular complexity index is 598. The zero-order valence-corrected chi connectivity index (χ0v) is 8.66. The summed E-state index contributed by atoms with van der Waals surface area (Å²) >= 11 is 0. The molecule has 1 aliphatic heterocycles. The Morgan fingerprint density at radius 1 is 1.40 bits per heavy atom. The van der Waals surface area contributed by atoms with Crippen LogP contribution in [0.3, 0.4) is 0 Å². The first-order valence-electron chi connectivity index (χ1n) is 5.26. The van der Waals surface area contributed by atoms with Crippen LogP contribution in [0.25, 0.3) is 10.9 Å². The topological polar surface area (TPSA) is 34.9 Å². The van der Waals surface area contributed by atoms with E-state index in [1.165, 1.54) is 0 Å². The van der Waals surface area contributed by atoms with Gasteiger partial charge >= 0.3 is 0 Å².